The lowest BCUT2D eigenvalue weighted by atomic mass is 9.87. The zero-order valence-electron chi connectivity index (χ0n) is 15.7. The van der Waals surface area contributed by atoms with Crippen LogP contribution in [0.3, 0.4) is 0 Å². The predicted molar refractivity (Wildman–Crippen MR) is 99.6 cm³/mol. The van der Waals surface area contributed by atoms with E-state index in [9.17, 15) is 9.90 Å². The van der Waals surface area contributed by atoms with E-state index < -0.39 is 6.10 Å². The third kappa shape index (κ3) is 6.67. The lowest BCUT2D eigenvalue weighted by Crippen LogP contribution is -2.42. The standard InChI is InChI=1S/C20H32N2O3/c1-20(2,3)16-6-8-18(9-7-16)25-14-17(23)13-22-10-4-5-15(12-22)11-19(21)24/h6-9,15,17,23H,4-5,10-14H2,1-3H3,(H2,21,24). The van der Waals surface area contributed by atoms with Crippen LogP contribution >= 0.6 is 0 Å². The van der Waals surface area contributed by atoms with Gasteiger partial charge in [0.1, 0.15) is 18.5 Å². The average molecular weight is 348 g/mol. The van der Waals surface area contributed by atoms with E-state index in [1.54, 1.807) is 0 Å². The first-order valence-corrected chi connectivity index (χ1v) is 9.16. The minimum absolute atomic E-state index is 0.119. The molecule has 3 N–H and O–H groups in total. The van der Waals surface area contributed by atoms with Gasteiger partial charge in [-0.2, -0.15) is 0 Å². The fourth-order valence-corrected chi connectivity index (χ4v) is 3.36. The number of likely N-dealkylation sites (tertiary alicyclic amines) is 1. The van der Waals surface area contributed by atoms with E-state index in [1.165, 1.54) is 5.56 Å². The number of carbonyl (C=O) groups is 1. The molecule has 1 aliphatic rings. The minimum atomic E-state index is -0.547. The van der Waals surface area contributed by atoms with Crippen molar-refractivity contribution >= 4 is 5.91 Å². The minimum Gasteiger partial charge on any atom is -0.491 e. The Balaban J connectivity index is 1.76. The first-order chi connectivity index (χ1) is 11.7. The molecule has 140 valence electrons. The maximum Gasteiger partial charge on any atom is 0.217 e. The Kier molecular flexibility index (Phi) is 6.85. The lowest BCUT2D eigenvalue weighted by Gasteiger charge is -2.33. The second kappa shape index (κ2) is 8.68. The molecule has 2 unspecified atom stereocenters. The first-order valence-electron chi connectivity index (χ1n) is 9.16. The summed E-state index contributed by atoms with van der Waals surface area (Å²) in [5.74, 6) is 0.844. The van der Waals surface area contributed by atoms with E-state index in [4.69, 9.17) is 10.5 Å². The second-order valence-corrected chi connectivity index (χ2v) is 8.18. The predicted octanol–water partition coefficient (Wildman–Crippen LogP) is 2.31. The molecule has 1 heterocycles. The van der Waals surface area contributed by atoms with Gasteiger partial charge in [0.25, 0.3) is 0 Å². The summed E-state index contributed by atoms with van der Waals surface area (Å²) in [6.07, 6.45) is 1.96. The van der Waals surface area contributed by atoms with Gasteiger partial charge in [-0.15, -0.1) is 0 Å². The quantitative estimate of drug-likeness (QED) is 0.793. The molecule has 0 spiro atoms. The van der Waals surface area contributed by atoms with Crippen LogP contribution in [0.5, 0.6) is 5.75 Å². The Morgan fingerprint density at radius 3 is 2.64 bits per heavy atom. The molecule has 2 atom stereocenters. The molecule has 5 heteroatoms. The molecule has 1 aromatic carbocycles. The average Bonchev–Trinajstić information content (AvgIpc) is 2.52. The summed E-state index contributed by atoms with van der Waals surface area (Å²) < 4.78 is 5.72. The van der Waals surface area contributed by atoms with Gasteiger partial charge in [0.2, 0.25) is 5.91 Å². The molecule has 2 rings (SSSR count). The van der Waals surface area contributed by atoms with Gasteiger partial charge >= 0.3 is 0 Å². The third-order valence-corrected chi connectivity index (χ3v) is 4.72. The molecule has 5 nitrogen and oxygen atoms in total. The fraction of sp³-hybridized carbons (Fsp3) is 0.650. The number of aliphatic hydroxyl groups is 1. The normalized spacial score (nSPS) is 20.2. The second-order valence-electron chi connectivity index (χ2n) is 8.18. The highest BCUT2D eigenvalue weighted by Gasteiger charge is 2.23. The van der Waals surface area contributed by atoms with Crippen LogP contribution in [0, 0.1) is 5.92 Å². The van der Waals surface area contributed by atoms with E-state index in [0.29, 0.717) is 18.9 Å². The number of carbonyl (C=O) groups excluding carboxylic acids is 1. The van der Waals surface area contributed by atoms with Crippen LogP contribution in [-0.4, -0.2) is 48.3 Å². The number of ether oxygens (including phenoxy) is 1. The van der Waals surface area contributed by atoms with Crippen LogP contribution in [-0.2, 0) is 10.2 Å². The highest BCUT2D eigenvalue weighted by molar-refractivity contribution is 5.74. The van der Waals surface area contributed by atoms with Gasteiger partial charge in [-0.05, 0) is 48.4 Å². The van der Waals surface area contributed by atoms with Crippen molar-refractivity contribution in [3.8, 4) is 5.75 Å². The van der Waals surface area contributed by atoms with Crippen LogP contribution < -0.4 is 10.5 Å². The number of hydrogen-bond donors (Lipinski definition) is 2. The fourth-order valence-electron chi connectivity index (χ4n) is 3.36. The van der Waals surface area contributed by atoms with Gasteiger partial charge < -0.3 is 20.5 Å². The smallest absolute Gasteiger partial charge is 0.217 e. The zero-order valence-corrected chi connectivity index (χ0v) is 15.7. The lowest BCUT2D eigenvalue weighted by molar-refractivity contribution is -0.119. The van der Waals surface area contributed by atoms with Gasteiger partial charge in [-0.1, -0.05) is 32.9 Å². The van der Waals surface area contributed by atoms with Crippen molar-refractivity contribution in [1.29, 1.82) is 0 Å². The SMILES string of the molecule is CC(C)(C)c1ccc(OCC(O)CN2CCCC(CC(N)=O)C2)cc1. The first kappa shape index (κ1) is 19.7. The van der Waals surface area contributed by atoms with E-state index in [0.717, 1.165) is 31.7 Å². The number of nitrogens with two attached hydrogens (primary N) is 1. The number of primary amides is 1. The summed E-state index contributed by atoms with van der Waals surface area (Å²) >= 11 is 0. The van der Waals surface area contributed by atoms with Crippen molar-refractivity contribution in [3.63, 3.8) is 0 Å². The van der Waals surface area contributed by atoms with Crippen LogP contribution in [0.25, 0.3) is 0 Å². The molecule has 0 saturated carbocycles. The van der Waals surface area contributed by atoms with Gasteiger partial charge in [0, 0.05) is 19.5 Å². The number of nitrogens with zero attached hydrogens (tertiary/aromatic N) is 1. The van der Waals surface area contributed by atoms with Crippen molar-refractivity contribution in [2.24, 2.45) is 11.7 Å². The van der Waals surface area contributed by atoms with Crippen LogP contribution in [0.1, 0.15) is 45.6 Å². The number of benzene rings is 1. The Hall–Kier alpha value is -1.59. The van der Waals surface area contributed by atoms with E-state index in [-0.39, 0.29) is 17.9 Å². The van der Waals surface area contributed by atoms with Crippen molar-refractivity contribution in [2.45, 2.75) is 51.6 Å². The molecule has 0 aromatic heterocycles. The number of rotatable bonds is 7. The molecule has 25 heavy (non-hydrogen) atoms. The van der Waals surface area contributed by atoms with Crippen LogP contribution in [0.4, 0.5) is 0 Å². The topological polar surface area (TPSA) is 75.8 Å². The molecule has 0 bridgehead atoms. The number of hydrogen-bond acceptors (Lipinski definition) is 4. The molecule has 0 radical (unpaired) electrons. The third-order valence-electron chi connectivity index (χ3n) is 4.72. The summed E-state index contributed by atoms with van der Waals surface area (Å²) in [5.41, 5.74) is 6.67. The van der Waals surface area contributed by atoms with Crippen LogP contribution in [0.15, 0.2) is 24.3 Å². The highest BCUT2D eigenvalue weighted by Crippen LogP contribution is 2.24. The summed E-state index contributed by atoms with van der Waals surface area (Å²) in [5, 5.41) is 10.3. The molecule has 1 fully saturated rings. The molecule has 1 aromatic rings. The molecule has 1 aliphatic heterocycles. The summed E-state index contributed by atoms with van der Waals surface area (Å²) in [7, 11) is 0. The molecule has 1 amide bonds. The highest BCUT2D eigenvalue weighted by atomic mass is 16.5. The molecule has 0 aliphatic carbocycles. The maximum atomic E-state index is 11.1. The van der Waals surface area contributed by atoms with Gasteiger partial charge in [0.05, 0.1) is 0 Å². The maximum absolute atomic E-state index is 11.1. The number of β-amino-alcohol motifs (C(OH)–C–C–N with tert-alkyl or cyclic N) is 1. The van der Waals surface area contributed by atoms with E-state index in [1.807, 2.05) is 12.1 Å². The van der Waals surface area contributed by atoms with Gasteiger partial charge in [0.15, 0.2) is 0 Å². The summed E-state index contributed by atoms with van der Waals surface area (Å²) in [4.78, 5) is 13.3. The Bertz CT molecular complexity index is 551. The Morgan fingerprint density at radius 1 is 1.36 bits per heavy atom. The van der Waals surface area contributed by atoms with Gasteiger partial charge in [-0.3, -0.25) is 4.79 Å². The van der Waals surface area contributed by atoms with Crippen molar-refractivity contribution in [2.75, 3.05) is 26.2 Å². The van der Waals surface area contributed by atoms with Crippen molar-refractivity contribution in [3.05, 3.63) is 29.8 Å². The van der Waals surface area contributed by atoms with Gasteiger partial charge in [-0.25, -0.2) is 0 Å². The zero-order chi connectivity index (χ0) is 18.4. The molecular formula is C20H32N2O3. The van der Waals surface area contributed by atoms with Crippen LogP contribution in [0.2, 0.25) is 0 Å². The van der Waals surface area contributed by atoms with Crippen molar-refractivity contribution < 1.29 is 14.6 Å². The molecule has 1 saturated heterocycles. The largest absolute Gasteiger partial charge is 0.491 e. The number of aliphatic hydroxyl groups excluding tert-OH is 1. The summed E-state index contributed by atoms with van der Waals surface area (Å²) in [6, 6.07) is 8.05. The monoisotopic (exact) mass is 348 g/mol. The molecular weight excluding hydrogens is 316 g/mol. The Morgan fingerprint density at radius 2 is 2.04 bits per heavy atom. The van der Waals surface area contributed by atoms with E-state index in [2.05, 4.69) is 37.8 Å². The summed E-state index contributed by atoms with van der Waals surface area (Å²) in [6.45, 7) is 9.14. The number of piperidine rings is 1. The number of amides is 1. The Labute approximate surface area is 151 Å². The van der Waals surface area contributed by atoms with E-state index >= 15 is 0 Å². The van der Waals surface area contributed by atoms with Crippen molar-refractivity contribution in [1.82, 2.24) is 4.90 Å².